The van der Waals surface area contributed by atoms with Crippen molar-refractivity contribution in [2.75, 3.05) is 13.7 Å². The van der Waals surface area contributed by atoms with Crippen LogP contribution in [-0.4, -0.2) is 24.3 Å². The lowest BCUT2D eigenvalue weighted by Crippen LogP contribution is -2.07. The molecular weight excluding hydrogens is 302 g/mol. The number of carbonyl (C=O) groups is 1. The lowest BCUT2D eigenvalue weighted by Gasteiger charge is -2.08. The highest BCUT2D eigenvalue weighted by Crippen LogP contribution is 2.22. The van der Waals surface area contributed by atoms with Crippen molar-refractivity contribution in [2.45, 2.75) is 19.9 Å². The van der Waals surface area contributed by atoms with Crippen molar-refractivity contribution in [3.8, 4) is 5.75 Å². The Morgan fingerprint density at radius 3 is 2.79 bits per heavy atom. The first-order valence-corrected chi connectivity index (χ1v) is 8.10. The predicted octanol–water partition coefficient (Wildman–Crippen LogP) is 4.27. The van der Waals surface area contributed by atoms with Gasteiger partial charge in [-0.25, -0.2) is 4.79 Å². The first-order valence-electron chi connectivity index (χ1n) is 8.10. The van der Waals surface area contributed by atoms with E-state index in [9.17, 15) is 4.79 Å². The lowest BCUT2D eigenvalue weighted by molar-refractivity contribution is 0.0505. The topological polar surface area (TPSA) is 40.5 Å². The zero-order valence-corrected chi connectivity index (χ0v) is 14.0. The Kier molecular flexibility index (Phi) is 4.85. The number of benzene rings is 2. The van der Waals surface area contributed by atoms with Gasteiger partial charge in [0.05, 0.1) is 19.3 Å². The van der Waals surface area contributed by atoms with E-state index in [1.807, 2.05) is 49.5 Å². The van der Waals surface area contributed by atoms with Gasteiger partial charge in [0.25, 0.3) is 0 Å². The highest BCUT2D eigenvalue weighted by atomic mass is 16.5. The number of aromatic nitrogens is 1. The molecule has 3 rings (SSSR count). The van der Waals surface area contributed by atoms with Gasteiger partial charge in [0.1, 0.15) is 5.75 Å². The molecule has 0 unspecified atom stereocenters. The van der Waals surface area contributed by atoms with E-state index in [0.29, 0.717) is 18.7 Å². The van der Waals surface area contributed by atoms with Gasteiger partial charge in [-0.05, 0) is 48.4 Å². The number of fused-ring (bicyclic) bond motifs is 1. The van der Waals surface area contributed by atoms with Crippen LogP contribution in [0.1, 0.15) is 29.3 Å². The molecule has 4 nitrogen and oxygen atoms in total. The van der Waals surface area contributed by atoms with Crippen molar-refractivity contribution in [2.24, 2.45) is 0 Å². The van der Waals surface area contributed by atoms with Gasteiger partial charge in [-0.15, -0.1) is 0 Å². The highest BCUT2D eigenvalue weighted by molar-refractivity contribution is 5.89. The second kappa shape index (κ2) is 7.21. The molecule has 24 heavy (non-hydrogen) atoms. The average Bonchev–Trinajstić information content (AvgIpc) is 3.01. The van der Waals surface area contributed by atoms with Crippen molar-refractivity contribution in [3.63, 3.8) is 0 Å². The molecule has 4 heteroatoms. The monoisotopic (exact) mass is 323 g/mol. The van der Waals surface area contributed by atoms with Gasteiger partial charge in [-0.3, -0.25) is 0 Å². The fourth-order valence-corrected chi connectivity index (χ4v) is 2.71. The lowest BCUT2D eigenvalue weighted by atomic mass is 10.1. The van der Waals surface area contributed by atoms with Crippen LogP contribution in [0.25, 0.3) is 10.9 Å². The van der Waals surface area contributed by atoms with Gasteiger partial charge in [0.2, 0.25) is 0 Å². The SMILES string of the molecule is CCCOC(=O)c1cccc(Cn2ccc3cc(OC)ccc32)c1. The van der Waals surface area contributed by atoms with Gasteiger partial charge in [0, 0.05) is 23.6 Å². The normalized spacial score (nSPS) is 10.8. The van der Waals surface area contributed by atoms with E-state index >= 15 is 0 Å². The summed E-state index contributed by atoms with van der Waals surface area (Å²) in [6.45, 7) is 3.13. The number of methoxy groups -OCH3 is 1. The van der Waals surface area contributed by atoms with Crippen molar-refractivity contribution in [3.05, 3.63) is 65.9 Å². The maximum Gasteiger partial charge on any atom is 0.338 e. The Balaban J connectivity index is 1.82. The standard InChI is InChI=1S/C20H21NO3/c1-3-11-24-20(22)17-6-4-5-15(12-17)14-21-10-9-16-13-18(23-2)7-8-19(16)21/h4-10,12-13H,3,11,14H2,1-2H3. The van der Waals surface area contributed by atoms with Crippen LogP contribution in [0, 0.1) is 0 Å². The van der Waals surface area contributed by atoms with Gasteiger partial charge in [0.15, 0.2) is 0 Å². The minimum absolute atomic E-state index is 0.263. The van der Waals surface area contributed by atoms with E-state index < -0.39 is 0 Å². The molecule has 0 spiro atoms. The Labute approximate surface area is 141 Å². The number of rotatable bonds is 6. The summed E-state index contributed by atoms with van der Waals surface area (Å²) in [5, 5.41) is 1.13. The number of hydrogen-bond acceptors (Lipinski definition) is 3. The molecule has 0 fully saturated rings. The van der Waals surface area contributed by atoms with Crippen LogP contribution in [0.2, 0.25) is 0 Å². The zero-order chi connectivity index (χ0) is 16.9. The van der Waals surface area contributed by atoms with Crippen LogP contribution in [0.3, 0.4) is 0 Å². The molecule has 0 bridgehead atoms. The number of carbonyl (C=O) groups excluding carboxylic acids is 1. The molecule has 0 aliphatic heterocycles. The Hall–Kier alpha value is -2.75. The third kappa shape index (κ3) is 3.43. The third-order valence-corrected chi connectivity index (χ3v) is 3.93. The summed E-state index contributed by atoms with van der Waals surface area (Å²) >= 11 is 0. The number of ether oxygens (including phenoxy) is 2. The summed E-state index contributed by atoms with van der Waals surface area (Å²) in [6.07, 6.45) is 2.87. The minimum atomic E-state index is -0.263. The molecule has 3 aromatic rings. The fraction of sp³-hybridized carbons (Fsp3) is 0.250. The van der Waals surface area contributed by atoms with Gasteiger partial charge < -0.3 is 14.0 Å². The highest BCUT2D eigenvalue weighted by Gasteiger charge is 2.08. The molecule has 0 amide bonds. The molecule has 0 saturated heterocycles. The zero-order valence-electron chi connectivity index (χ0n) is 14.0. The van der Waals surface area contributed by atoms with E-state index in [1.165, 1.54) is 0 Å². The van der Waals surface area contributed by atoms with Gasteiger partial charge in [-0.2, -0.15) is 0 Å². The number of hydrogen-bond donors (Lipinski definition) is 0. The van der Waals surface area contributed by atoms with Crippen LogP contribution < -0.4 is 4.74 Å². The fourth-order valence-electron chi connectivity index (χ4n) is 2.71. The largest absolute Gasteiger partial charge is 0.497 e. The molecule has 0 N–H and O–H groups in total. The van der Waals surface area contributed by atoms with Gasteiger partial charge >= 0.3 is 5.97 Å². The average molecular weight is 323 g/mol. The van der Waals surface area contributed by atoms with E-state index in [-0.39, 0.29) is 5.97 Å². The maximum absolute atomic E-state index is 12.0. The molecular formula is C20H21NO3. The van der Waals surface area contributed by atoms with E-state index in [0.717, 1.165) is 28.6 Å². The van der Waals surface area contributed by atoms with Crippen LogP contribution in [0.15, 0.2) is 54.7 Å². The summed E-state index contributed by atoms with van der Waals surface area (Å²) in [7, 11) is 1.67. The van der Waals surface area contributed by atoms with Crippen LogP contribution >= 0.6 is 0 Å². The summed E-state index contributed by atoms with van der Waals surface area (Å²) < 4.78 is 12.6. The first kappa shape index (κ1) is 16.1. The minimum Gasteiger partial charge on any atom is -0.497 e. The molecule has 2 aromatic carbocycles. The van der Waals surface area contributed by atoms with Crippen molar-refractivity contribution in [1.29, 1.82) is 0 Å². The first-order chi connectivity index (χ1) is 11.7. The number of esters is 1. The Morgan fingerprint density at radius 1 is 1.12 bits per heavy atom. The quantitative estimate of drug-likeness (QED) is 0.636. The molecule has 0 aliphatic carbocycles. The second-order valence-corrected chi connectivity index (χ2v) is 5.70. The second-order valence-electron chi connectivity index (χ2n) is 5.70. The molecule has 0 saturated carbocycles. The van der Waals surface area contributed by atoms with E-state index in [2.05, 4.69) is 10.6 Å². The molecule has 0 atom stereocenters. The van der Waals surface area contributed by atoms with Crippen LogP contribution in [0.5, 0.6) is 5.75 Å². The van der Waals surface area contributed by atoms with Crippen molar-refractivity contribution < 1.29 is 14.3 Å². The third-order valence-electron chi connectivity index (χ3n) is 3.93. The molecule has 0 radical (unpaired) electrons. The summed E-state index contributed by atoms with van der Waals surface area (Å²) in [4.78, 5) is 12.0. The van der Waals surface area contributed by atoms with E-state index in [4.69, 9.17) is 9.47 Å². The van der Waals surface area contributed by atoms with Crippen molar-refractivity contribution >= 4 is 16.9 Å². The number of nitrogens with zero attached hydrogens (tertiary/aromatic N) is 1. The van der Waals surface area contributed by atoms with Gasteiger partial charge in [-0.1, -0.05) is 19.1 Å². The summed E-state index contributed by atoms with van der Waals surface area (Å²) in [5.74, 6) is 0.585. The smallest absolute Gasteiger partial charge is 0.338 e. The van der Waals surface area contributed by atoms with Crippen LogP contribution in [-0.2, 0) is 11.3 Å². The Bertz CT molecular complexity index is 851. The molecule has 0 aliphatic rings. The predicted molar refractivity (Wildman–Crippen MR) is 94.6 cm³/mol. The molecule has 1 aromatic heterocycles. The van der Waals surface area contributed by atoms with Crippen LogP contribution in [0.4, 0.5) is 0 Å². The molecule has 124 valence electrons. The summed E-state index contributed by atoms with van der Waals surface area (Å²) in [6, 6.07) is 15.7. The Morgan fingerprint density at radius 2 is 2.00 bits per heavy atom. The van der Waals surface area contributed by atoms with Crippen molar-refractivity contribution in [1.82, 2.24) is 4.57 Å². The summed E-state index contributed by atoms with van der Waals surface area (Å²) in [5.41, 5.74) is 2.79. The van der Waals surface area contributed by atoms with E-state index in [1.54, 1.807) is 13.2 Å². The maximum atomic E-state index is 12.0. The molecule has 1 heterocycles.